The first kappa shape index (κ1) is 20.0. The third-order valence-corrected chi connectivity index (χ3v) is 4.70. The van der Waals surface area contributed by atoms with Gasteiger partial charge in [-0.25, -0.2) is 4.79 Å². The lowest BCUT2D eigenvalue weighted by atomic mass is 10.2. The second-order valence-electron chi connectivity index (χ2n) is 6.80. The zero-order valence-electron chi connectivity index (χ0n) is 16.7. The zero-order chi connectivity index (χ0) is 21.8. The average molecular weight is 417 g/mol. The van der Waals surface area contributed by atoms with Crippen LogP contribution in [-0.2, 0) is 17.9 Å². The van der Waals surface area contributed by atoms with E-state index in [0.717, 1.165) is 4.57 Å². The number of benzene rings is 1. The van der Waals surface area contributed by atoms with E-state index < -0.39 is 11.2 Å². The van der Waals surface area contributed by atoms with E-state index in [9.17, 15) is 14.4 Å². The maximum atomic E-state index is 12.9. The number of hydrogen-bond donors (Lipinski definition) is 1. The Morgan fingerprint density at radius 3 is 2.61 bits per heavy atom. The van der Waals surface area contributed by atoms with E-state index in [1.54, 1.807) is 74.2 Å². The normalized spacial score (nSPS) is 10.7. The van der Waals surface area contributed by atoms with E-state index in [1.807, 2.05) is 0 Å². The molecule has 0 fully saturated rings. The highest BCUT2D eigenvalue weighted by molar-refractivity contribution is 5.90. The van der Waals surface area contributed by atoms with Crippen molar-refractivity contribution in [2.75, 3.05) is 12.4 Å². The van der Waals surface area contributed by atoms with Crippen LogP contribution in [0.1, 0.15) is 5.56 Å². The van der Waals surface area contributed by atoms with Crippen molar-refractivity contribution in [1.82, 2.24) is 19.1 Å². The number of aromatic nitrogens is 4. The Hall–Kier alpha value is -4.27. The van der Waals surface area contributed by atoms with Gasteiger partial charge in [0.15, 0.2) is 5.82 Å². The summed E-state index contributed by atoms with van der Waals surface area (Å²) in [5, 5.41) is 2.77. The fraction of sp³-hybridized carbons (Fsp3) is 0.136. The molecular weight excluding hydrogens is 398 g/mol. The highest BCUT2D eigenvalue weighted by atomic mass is 16.5. The summed E-state index contributed by atoms with van der Waals surface area (Å²) in [5.41, 5.74) is 0.414. The van der Waals surface area contributed by atoms with Gasteiger partial charge in [0.2, 0.25) is 5.91 Å². The first-order valence-corrected chi connectivity index (χ1v) is 9.48. The molecule has 0 unspecified atom stereocenters. The summed E-state index contributed by atoms with van der Waals surface area (Å²) in [6.45, 7) is -0.0385. The average Bonchev–Trinajstić information content (AvgIpc) is 2.78. The van der Waals surface area contributed by atoms with Gasteiger partial charge in [0.1, 0.15) is 12.3 Å². The van der Waals surface area contributed by atoms with Gasteiger partial charge >= 0.3 is 5.69 Å². The van der Waals surface area contributed by atoms with Crippen molar-refractivity contribution in [1.29, 1.82) is 0 Å². The molecule has 3 heterocycles. The van der Waals surface area contributed by atoms with Crippen LogP contribution < -0.4 is 21.3 Å². The van der Waals surface area contributed by atoms with E-state index in [1.165, 1.54) is 4.57 Å². The molecule has 0 spiro atoms. The fourth-order valence-electron chi connectivity index (χ4n) is 3.19. The molecule has 156 valence electrons. The molecule has 0 radical (unpaired) electrons. The lowest BCUT2D eigenvalue weighted by Gasteiger charge is -2.15. The van der Waals surface area contributed by atoms with Gasteiger partial charge in [0, 0.05) is 24.3 Å². The number of methoxy groups -OCH3 is 1. The summed E-state index contributed by atoms with van der Waals surface area (Å²) in [6.07, 6.45) is 4.81. The quantitative estimate of drug-likeness (QED) is 0.511. The highest BCUT2D eigenvalue weighted by Gasteiger charge is 2.18. The number of fused-ring (bicyclic) bond motifs is 1. The van der Waals surface area contributed by atoms with Crippen molar-refractivity contribution < 1.29 is 9.53 Å². The number of carbonyl (C=O) groups excluding carboxylic acids is 1. The molecule has 2 aliphatic rings. The first-order chi connectivity index (χ1) is 15.0. The van der Waals surface area contributed by atoms with Crippen LogP contribution in [0.3, 0.4) is 0 Å². The molecule has 9 nitrogen and oxygen atoms in total. The van der Waals surface area contributed by atoms with Crippen LogP contribution in [0.4, 0.5) is 5.69 Å². The van der Waals surface area contributed by atoms with Crippen molar-refractivity contribution in [3.8, 4) is 17.1 Å². The van der Waals surface area contributed by atoms with Crippen molar-refractivity contribution in [2.24, 2.45) is 0 Å². The Labute approximate surface area is 176 Å². The largest absolute Gasteiger partial charge is 0.497 e. The van der Waals surface area contributed by atoms with Crippen LogP contribution in [0.5, 0.6) is 5.75 Å². The number of ether oxygens (including phenoxy) is 1. The van der Waals surface area contributed by atoms with Gasteiger partial charge in [-0.1, -0.05) is 6.07 Å². The van der Waals surface area contributed by atoms with Crippen LogP contribution in [0.15, 0.2) is 76.7 Å². The third kappa shape index (κ3) is 4.35. The maximum absolute atomic E-state index is 12.9. The Morgan fingerprint density at radius 1 is 1.10 bits per heavy atom. The molecule has 0 bridgehead atoms. The second kappa shape index (κ2) is 8.62. The fourth-order valence-corrected chi connectivity index (χ4v) is 3.19. The molecule has 1 N–H and O–H groups in total. The van der Waals surface area contributed by atoms with Crippen LogP contribution >= 0.6 is 0 Å². The molecule has 31 heavy (non-hydrogen) atoms. The number of nitrogens with zero attached hydrogens (tertiary/aromatic N) is 4. The summed E-state index contributed by atoms with van der Waals surface area (Å²) in [7, 11) is 1.56. The van der Waals surface area contributed by atoms with Crippen molar-refractivity contribution in [3.05, 3.63) is 93.5 Å². The minimum absolute atomic E-state index is 0.0707. The van der Waals surface area contributed by atoms with Gasteiger partial charge in [0.25, 0.3) is 5.56 Å². The molecule has 1 aromatic heterocycles. The number of pyridine rings is 2. The summed E-state index contributed by atoms with van der Waals surface area (Å²) < 4.78 is 7.63. The monoisotopic (exact) mass is 417 g/mol. The molecule has 4 rings (SSSR count). The lowest BCUT2D eigenvalue weighted by Crippen LogP contribution is -2.38. The molecule has 2 aromatic rings. The Kier molecular flexibility index (Phi) is 5.57. The molecule has 1 aromatic carbocycles. The Morgan fingerprint density at radius 2 is 1.90 bits per heavy atom. The summed E-state index contributed by atoms with van der Waals surface area (Å²) in [4.78, 5) is 46.0. The maximum Gasteiger partial charge on any atom is 0.352 e. The highest BCUT2D eigenvalue weighted by Crippen LogP contribution is 2.16. The number of rotatable bonds is 6. The number of hydrogen-bond acceptors (Lipinski definition) is 6. The molecule has 2 aliphatic heterocycles. The summed E-state index contributed by atoms with van der Waals surface area (Å²) in [6, 6.07) is 13.6. The van der Waals surface area contributed by atoms with Crippen LogP contribution in [-0.4, -0.2) is 32.1 Å². The summed E-state index contributed by atoms with van der Waals surface area (Å²) >= 11 is 0. The predicted octanol–water partition coefficient (Wildman–Crippen LogP) is 1.60. The topological polar surface area (TPSA) is 108 Å². The number of carbonyl (C=O) groups is 1. The Balaban J connectivity index is 1.61. The number of nitrogens with one attached hydrogen (secondary N) is 1. The molecule has 0 atom stereocenters. The van der Waals surface area contributed by atoms with Gasteiger partial charge in [-0.05, 0) is 48.0 Å². The van der Waals surface area contributed by atoms with E-state index in [2.05, 4.69) is 15.3 Å². The molecule has 1 amide bonds. The second-order valence-corrected chi connectivity index (χ2v) is 6.80. The predicted molar refractivity (Wildman–Crippen MR) is 114 cm³/mol. The van der Waals surface area contributed by atoms with Gasteiger partial charge in [-0.2, -0.15) is 4.98 Å². The standard InChI is InChI=1S/C22H19N5O4/c1-31-17-8-6-16(7-9-17)24-19(28)14-26-11-3-5-18-20(26)25-22(30)27(21(18)29)13-15-4-2-10-23-12-15/h2-12H,13-14H2,1H3,(H,24,28). The van der Waals surface area contributed by atoms with Crippen molar-refractivity contribution in [3.63, 3.8) is 0 Å². The molecule has 0 aliphatic carbocycles. The number of amides is 1. The van der Waals surface area contributed by atoms with Crippen LogP contribution in [0.2, 0.25) is 0 Å². The lowest BCUT2D eigenvalue weighted by molar-refractivity contribution is -0.116. The smallest absolute Gasteiger partial charge is 0.352 e. The zero-order valence-corrected chi connectivity index (χ0v) is 16.7. The van der Waals surface area contributed by atoms with E-state index >= 15 is 0 Å². The van der Waals surface area contributed by atoms with Crippen molar-refractivity contribution >= 4 is 11.6 Å². The molecule has 0 saturated heterocycles. The van der Waals surface area contributed by atoms with Gasteiger partial charge < -0.3 is 14.6 Å². The van der Waals surface area contributed by atoms with Crippen molar-refractivity contribution in [2.45, 2.75) is 13.1 Å². The minimum Gasteiger partial charge on any atom is -0.497 e. The number of anilines is 1. The molecular formula is C22H19N5O4. The van der Waals surface area contributed by atoms with Crippen LogP contribution in [0.25, 0.3) is 11.4 Å². The van der Waals surface area contributed by atoms with Gasteiger partial charge in [-0.3, -0.25) is 19.1 Å². The third-order valence-electron chi connectivity index (χ3n) is 4.70. The molecule has 9 heteroatoms. The van der Waals surface area contributed by atoms with Gasteiger partial charge in [-0.15, -0.1) is 0 Å². The van der Waals surface area contributed by atoms with Gasteiger partial charge in [0.05, 0.1) is 19.2 Å². The van der Waals surface area contributed by atoms with E-state index in [-0.39, 0.29) is 30.4 Å². The summed E-state index contributed by atoms with van der Waals surface area (Å²) in [5.74, 6) is 0.512. The Bertz CT molecular complexity index is 1300. The van der Waals surface area contributed by atoms with E-state index in [0.29, 0.717) is 17.0 Å². The van der Waals surface area contributed by atoms with E-state index in [4.69, 9.17) is 4.74 Å². The molecule has 0 saturated carbocycles. The SMILES string of the molecule is COc1ccc(NC(=O)Cn2cccc3c(=O)n(Cc4cccnc4)c(=O)nc2-3)cc1. The minimum atomic E-state index is -0.683. The van der Waals surface area contributed by atoms with Crippen LogP contribution in [0, 0.1) is 0 Å². The first-order valence-electron chi connectivity index (χ1n) is 9.48.